The highest BCUT2D eigenvalue weighted by molar-refractivity contribution is 5.92. The first kappa shape index (κ1) is 13.3. The molecule has 3 aromatic rings. The minimum atomic E-state index is 0.371. The fourth-order valence-electron chi connectivity index (χ4n) is 2.71. The number of hydrogen-bond acceptors (Lipinski definition) is 2. The zero-order valence-electron chi connectivity index (χ0n) is 12.1. The summed E-state index contributed by atoms with van der Waals surface area (Å²) >= 11 is 0. The van der Waals surface area contributed by atoms with Crippen molar-refractivity contribution < 1.29 is 4.74 Å². The van der Waals surface area contributed by atoms with Gasteiger partial charge in [-0.15, -0.1) is 0 Å². The minimum absolute atomic E-state index is 0.371. The van der Waals surface area contributed by atoms with Crippen molar-refractivity contribution in [2.24, 2.45) is 0 Å². The van der Waals surface area contributed by atoms with Gasteiger partial charge in [0.05, 0.1) is 25.3 Å². The van der Waals surface area contributed by atoms with E-state index in [4.69, 9.17) is 10.00 Å². The molecule has 1 heterocycles. The van der Waals surface area contributed by atoms with Gasteiger partial charge < -0.3 is 9.72 Å². The van der Waals surface area contributed by atoms with E-state index in [1.54, 1.807) is 7.11 Å². The van der Waals surface area contributed by atoms with E-state index < -0.39 is 0 Å². The van der Waals surface area contributed by atoms with Crippen LogP contribution in [0.4, 0.5) is 0 Å². The van der Waals surface area contributed by atoms with Gasteiger partial charge >= 0.3 is 0 Å². The van der Waals surface area contributed by atoms with Crippen LogP contribution in [0.25, 0.3) is 22.2 Å². The Bertz CT molecular complexity index is 840. The van der Waals surface area contributed by atoms with Crippen molar-refractivity contribution in [1.29, 1.82) is 5.26 Å². The number of nitriles is 1. The molecule has 21 heavy (non-hydrogen) atoms. The number of para-hydroxylation sites is 1. The first-order valence-electron chi connectivity index (χ1n) is 6.86. The molecule has 0 atom stereocenters. The second kappa shape index (κ2) is 5.34. The highest BCUT2D eigenvalue weighted by Gasteiger charge is 2.16. The van der Waals surface area contributed by atoms with Crippen LogP contribution in [0.5, 0.6) is 5.75 Å². The third kappa shape index (κ3) is 2.25. The Morgan fingerprint density at radius 2 is 2.00 bits per heavy atom. The molecule has 0 aliphatic rings. The smallest absolute Gasteiger partial charge is 0.128 e. The number of methoxy groups -OCH3 is 1. The molecule has 3 nitrogen and oxygen atoms in total. The number of benzene rings is 2. The molecule has 0 aliphatic carbocycles. The highest BCUT2D eigenvalue weighted by Crippen LogP contribution is 2.36. The summed E-state index contributed by atoms with van der Waals surface area (Å²) in [5, 5.41) is 10.2. The maximum atomic E-state index is 9.15. The van der Waals surface area contributed by atoms with Gasteiger partial charge in [-0.25, -0.2) is 0 Å². The Morgan fingerprint density at radius 3 is 2.76 bits per heavy atom. The Labute approximate surface area is 123 Å². The summed E-state index contributed by atoms with van der Waals surface area (Å²) < 4.78 is 5.48. The SMILES string of the molecule is COc1ccc(C)cc1-c1[nH]c2ccccc2c1CC#N. The van der Waals surface area contributed by atoms with Gasteiger partial charge in [0.2, 0.25) is 0 Å². The second-order valence-corrected chi connectivity index (χ2v) is 5.06. The van der Waals surface area contributed by atoms with E-state index in [-0.39, 0.29) is 0 Å². The molecule has 3 rings (SSSR count). The van der Waals surface area contributed by atoms with Gasteiger partial charge in [-0.05, 0) is 30.7 Å². The third-order valence-corrected chi connectivity index (χ3v) is 3.69. The van der Waals surface area contributed by atoms with E-state index in [0.29, 0.717) is 6.42 Å². The van der Waals surface area contributed by atoms with E-state index in [0.717, 1.165) is 39.0 Å². The number of fused-ring (bicyclic) bond motifs is 1. The lowest BCUT2D eigenvalue weighted by Crippen LogP contribution is -1.92. The number of nitrogens with zero attached hydrogens (tertiary/aromatic N) is 1. The maximum absolute atomic E-state index is 9.15. The van der Waals surface area contributed by atoms with Crippen molar-refractivity contribution in [3.05, 3.63) is 53.6 Å². The van der Waals surface area contributed by atoms with E-state index in [1.165, 1.54) is 0 Å². The van der Waals surface area contributed by atoms with Crippen LogP contribution in [0.2, 0.25) is 0 Å². The van der Waals surface area contributed by atoms with Crippen LogP contribution in [0, 0.1) is 18.3 Å². The molecule has 0 unspecified atom stereocenters. The minimum Gasteiger partial charge on any atom is -0.496 e. The van der Waals surface area contributed by atoms with Gasteiger partial charge in [-0.2, -0.15) is 5.26 Å². The predicted octanol–water partition coefficient (Wildman–Crippen LogP) is 4.22. The molecule has 0 radical (unpaired) electrons. The Kier molecular flexibility index (Phi) is 3.37. The number of nitrogens with one attached hydrogen (secondary N) is 1. The summed E-state index contributed by atoms with van der Waals surface area (Å²) in [6, 6.07) is 16.4. The molecule has 3 heteroatoms. The van der Waals surface area contributed by atoms with Gasteiger partial charge in [0.15, 0.2) is 0 Å². The molecular weight excluding hydrogens is 260 g/mol. The number of H-pyrrole nitrogens is 1. The monoisotopic (exact) mass is 276 g/mol. The molecule has 0 bridgehead atoms. The Morgan fingerprint density at radius 1 is 1.19 bits per heavy atom. The molecule has 0 amide bonds. The Balaban J connectivity index is 2.32. The molecule has 104 valence electrons. The fourth-order valence-corrected chi connectivity index (χ4v) is 2.71. The zero-order chi connectivity index (χ0) is 14.8. The van der Waals surface area contributed by atoms with E-state index in [2.05, 4.69) is 24.0 Å². The van der Waals surface area contributed by atoms with Crippen molar-refractivity contribution in [3.63, 3.8) is 0 Å². The van der Waals surface area contributed by atoms with Gasteiger partial charge in [0, 0.05) is 16.5 Å². The number of hydrogen-bond donors (Lipinski definition) is 1. The first-order chi connectivity index (χ1) is 10.2. The molecule has 1 N–H and O–H groups in total. The largest absolute Gasteiger partial charge is 0.496 e. The lowest BCUT2D eigenvalue weighted by Gasteiger charge is -2.09. The summed E-state index contributed by atoms with van der Waals surface area (Å²) in [6.45, 7) is 2.05. The molecule has 0 saturated carbocycles. The number of ether oxygens (including phenoxy) is 1. The van der Waals surface area contributed by atoms with Crippen molar-refractivity contribution in [1.82, 2.24) is 4.98 Å². The van der Waals surface area contributed by atoms with Crippen LogP contribution in [0.3, 0.4) is 0 Å². The highest BCUT2D eigenvalue weighted by atomic mass is 16.5. The number of aryl methyl sites for hydroxylation is 1. The molecule has 1 aromatic heterocycles. The summed E-state index contributed by atoms with van der Waals surface area (Å²) in [4.78, 5) is 3.44. The normalized spacial score (nSPS) is 10.5. The zero-order valence-corrected chi connectivity index (χ0v) is 12.1. The van der Waals surface area contributed by atoms with Crippen molar-refractivity contribution in [2.45, 2.75) is 13.3 Å². The van der Waals surface area contributed by atoms with Gasteiger partial charge in [0.25, 0.3) is 0 Å². The van der Waals surface area contributed by atoms with E-state index >= 15 is 0 Å². The number of aromatic nitrogens is 1. The molecule has 2 aromatic carbocycles. The van der Waals surface area contributed by atoms with Crippen LogP contribution >= 0.6 is 0 Å². The molecule has 0 spiro atoms. The lowest BCUT2D eigenvalue weighted by molar-refractivity contribution is 0.416. The maximum Gasteiger partial charge on any atom is 0.128 e. The van der Waals surface area contributed by atoms with Gasteiger partial charge in [-0.1, -0.05) is 29.8 Å². The Hall–Kier alpha value is -2.73. The van der Waals surface area contributed by atoms with Crippen LogP contribution < -0.4 is 4.74 Å². The summed E-state index contributed by atoms with van der Waals surface area (Å²) in [5.74, 6) is 0.811. The average molecular weight is 276 g/mol. The standard InChI is InChI=1S/C18H16N2O/c1-12-7-8-17(21-2)15(11-12)18-14(9-10-19)13-5-3-4-6-16(13)20-18/h3-8,11,20H,9H2,1-2H3. The quantitative estimate of drug-likeness (QED) is 0.778. The topological polar surface area (TPSA) is 48.8 Å². The first-order valence-corrected chi connectivity index (χ1v) is 6.86. The molecule has 0 fully saturated rings. The average Bonchev–Trinajstić information content (AvgIpc) is 2.86. The lowest BCUT2D eigenvalue weighted by atomic mass is 10.0. The van der Waals surface area contributed by atoms with Crippen molar-refractivity contribution in [2.75, 3.05) is 7.11 Å². The van der Waals surface area contributed by atoms with Crippen LogP contribution in [-0.2, 0) is 6.42 Å². The van der Waals surface area contributed by atoms with Crippen molar-refractivity contribution in [3.8, 4) is 23.1 Å². The number of rotatable bonds is 3. The molecule has 0 saturated heterocycles. The predicted molar refractivity (Wildman–Crippen MR) is 84.3 cm³/mol. The van der Waals surface area contributed by atoms with Crippen LogP contribution in [0.1, 0.15) is 11.1 Å². The number of aromatic amines is 1. The van der Waals surface area contributed by atoms with Crippen molar-refractivity contribution >= 4 is 10.9 Å². The summed E-state index contributed by atoms with van der Waals surface area (Å²) in [6.07, 6.45) is 0.371. The second-order valence-electron chi connectivity index (χ2n) is 5.06. The summed E-state index contributed by atoms with van der Waals surface area (Å²) in [5.41, 5.74) is 5.20. The van der Waals surface area contributed by atoms with E-state index in [9.17, 15) is 0 Å². The van der Waals surface area contributed by atoms with E-state index in [1.807, 2.05) is 36.4 Å². The molecule has 0 aliphatic heterocycles. The fraction of sp³-hybridized carbons (Fsp3) is 0.167. The van der Waals surface area contributed by atoms with Crippen LogP contribution in [0.15, 0.2) is 42.5 Å². The van der Waals surface area contributed by atoms with Gasteiger partial charge in [0.1, 0.15) is 5.75 Å². The van der Waals surface area contributed by atoms with Gasteiger partial charge in [-0.3, -0.25) is 0 Å². The molecular formula is C18H16N2O. The third-order valence-electron chi connectivity index (χ3n) is 3.69. The summed E-state index contributed by atoms with van der Waals surface area (Å²) in [7, 11) is 1.67. The van der Waals surface area contributed by atoms with Crippen LogP contribution in [-0.4, -0.2) is 12.1 Å².